The molecular weight excluding hydrogens is 333 g/mol. The van der Waals surface area contributed by atoms with Crippen molar-refractivity contribution in [2.75, 3.05) is 23.3 Å². The molecule has 2 aromatic heterocycles. The Bertz CT molecular complexity index is 931. The molecule has 1 atom stereocenters. The zero-order chi connectivity index (χ0) is 17.9. The number of fused-ring (bicyclic) bond motifs is 1. The zero-order valence-corrected chi connectivity index (χ0v) is 14.1. The van der Waals surface area contributed by atoms with Crippen molar-refractivity contribution in [3.8, 4) is 0 Å². The van der Waals surface area contributed by atoms with E-state index < -0.39 is 0 Å². The summed E-state index contributed by atoms with van der Waals surface area (Å²) in [6, 6.07) is 7.77. The van der Waals surface area contributed by atoms with Crippen LogP contribution >= 0.6 is 0 Å². The lowest BCUT2D eigenvalue weighted by atomic mass is 9.96. The summed E-state index contributed by atoms with van der Waals surface area (Å²) in [4.78, 5) is 27.5. The van der Waals surface area contributed by atoms with E-state index in [-0.39, 0.29) is 17.6 Å². The number of amides is 1. The fraction of sp³-hybridized carbons (Fsp3) is 0.263. The monoisotopic (exact) mass is 351 g/mol. The van der Waals surface area contributed by atoms with Crippen molar-refractivity contribution in [1.82, 2.24) is 15.0 Å². The number of hydrogen-bond acceptors (Lipinski definition) is 5. The number of hydrogen-bond donors (Lipinski definition) is 1. The van der Waals surface area contributed by atoms with Gasteiger partial charge in [-0.1, -0.05) is 0 Å². The third-order valence-electron chi connectivity index (χ3n) is 4.58. The Morgan fingerprint density at radius 1 is 1.15 bits per heavy atom. The number of aromatic nitrogens is 3. The van der Waals surface area contributed by atoms with Crippen LogP contribution in [0.4, 0.5) is 15.8 Å². The molecule has 1 fully saturated rings. The first kappa shape index (κ1) is 16.4. The van der Waals surface area contributed by atoms with Crippen molar-refractivity contribution in [3.05, 3.63) is 54.7 Å². The Morgan fingerprint density at radius 3 is 2.81 bits per heavy atom. The van der Waals surface area contributed by atoms with Gasteiger partial charge < -0.3 is 10.2 Å². The predicted molar refractivity (Wildman–Crippen MR) is 97.3 cm³/mol. The average Bonchev–Trinajstić information content (AvgIpc) is 2.69. The Balaban J connectivity index is 1.47. The number of anilines is 2. The summed E-state index contributed by atoms with van der Waals surface area (Å²) in [7, 11) is 0. The van der Waals surface area contributed by atoms with E-state index in [0.717, 1.165) is 30.6 Å². The first-order chi connectivity index (χ1) is 12.7. The molecule has 132 valence electrons. The highest BCUT2D eigenvalue weighted by Crippen LogP contribution is 2.25. The maximum Gasteiger partial charge on any atom is 0.229 e. The van der Waals surface area contributed by atoms with E-state index in [0.29, 0.717) is 17.9 Å². The molecular formula is C19H18FN5O. The molecule has 0 radical (unpaired) electrons. The molecule has 1 saturated heterocycles. The normalized spacial score (nSPS) is 17.3. The SMILES string of the molecule is O=C(Nc1ccc(F)cc1)[C@@H]1CCCN(c2cnc3nccnc3c2)C1. The number of benzene rings is 1. The minimum absolute atomic E-state index is 0.0464. The number of carbonyl (C=O) groups is 1. The smallest absolute Gasteiger partial charge is 0.229 e. The summed E-state index contributed by atoms with van der Waals surface area (Å²) in [5.41, 5.74) is 2.90. The summed E-state index contributed by atoms with van der Waals surface area (Å²) in [6.45, 7) is 1.48. The average molecular weight is 351 g/mol. The third kappa shape index (κ3) is 3.46. The molecule has 1 aliphatic rings. The highest BCUT2D eigenvalue weighted by atomic mass is 19.1. The topological polar surface area (TPSA) is 71.0 Å². The molecule has 0 aliphatic carbocycles. The van der Waals surface area contributed by atoms with Crippen LogP contribution in [0.5, 0.6) is 0 Å². The van der Waals surface area contributed by atoms with Gasteiger partial charge >= 0.3 is 0 Å². The second kappa shape index (κ2) is 7.03. The highest BCUT2D eigenvalue weighted by Gasteiger charge is 2.26. The number of nitrogens with zero attached hydrogens (tertiary/aromatic N) is 4. The number of rotatable bonds is 3. The summed E-state index contributed by atoms with van der Waals surface area (Å²) >= 11 is 0. The minimum Gasteiger partial charge on any atom is -0.369 e. The fourth-order valence-corrected chi connectivity index (χ4v) is 3.22. The Hall–Kier alpha value is -3.09. The Labute approximate surface area is 150 Å². The van der Waals surface area contributed by atoms with Crippen LogP contribution in [0.25, 0.3) is 11.2 Å². The molecule has 0 unspecified atom stereocenters. The maximum absolute atomic E-state index is 13.0. The van der Waals surface area contributed by atoms with Crippen molar-refractivity contribution in [1.29, 1.82) is 0 Å². The van der Waals surface area contributed by atoms with Crippen LogP contribution in [-0.2, 0) is 4.79 Å². The quantitative estimate of drug-likeness (QED) is 0.785. The van der Waals surface area contributed by atoms with Crippen molar-refractivity contribution >= 4 is 28.4 Å². The van der Waals surface area contributed by atoms with E-state index >= 15 is 0 Å². The molecule has 3 aromatic rings. The van der Waals surface area contributed by atoms with E-state index in [1.165, 1.54) is 12.1 Å². The van der Waals surface area contributed by atoms with Crippen LogP contribution in [0.3, 0.4) is 0 Å². The molecule has 26 heavy (non-hydrogen) atoms. The van der Waals surface area contributed by atoms with E-state index in [2.05, 4.69) is 25.2 Å². The lowest BCUT2D eigenvalue weighted by Crippen LogP contribution is -2.40. The van der Waals surface area contributed by atoms with Gasteiger partial charge in [0.1, 0.15) is 11.3 Å². The standard InChI is InChI=1S/C19H18FN5O/c20-14-3-5-15(6-4-14)24-19(26)13-2-1-9-25(12-13)16-10-17-18(23-11-16)22-8-7-21-17/h3-8,10-11,13H,1-2,9,12H2,(H,24,26)/t13-/m1/s1. The van der Waals surface area contributed by atoms with Gasteiger partial charge in [-0.3, -0.25) is 9.78 Å². The molecule has 3 heterocycles. The van der Waals surface area contributed by atoms with Gasteiger partial charge in [-0.25, -0.2) is 14.4 Å². The molecule has 0 bridgehead atoms. The predicted octanol–water partition coefficient (Wildman–Crippen LogP) is 3.02. The van der Waals surface area contributed by atoms with E-state index in [1.807, 2.05) is 6.07 Å². The fourth-order valence-electron chi connectivity index (χ4n) is 3.22. The molecule has 1 N–H and O–H groups in total. The summed E-state index contributed by atoms with van der Waals surface area (Å²) in [5.74, 6) is -0.500. The lowest BCUT2D eigenvalue weighted by Gasteiger charge is -2.33. The molecule has 1 aliphatic heterocycles. The second-order valence-corrected chi connectivity index (χ2v) is 6.37. The van der Waals surface area contributed by atoms with Gasteiger partial charge in [-0.2, -0.15) is 0 Å². The van der Waals surface area contributed by atoms with Crippen LogP contribution in [0.2, 0.25) is 0 Å². The largest absolute Gasteiger partial charge is 0.369 e. The van der Waals surface area contributed by atoms with Gasteiger partial charge in [0.15, 0.2) is 5.65 Å². The van der Waals surface area contributed by atoms with Crippen LogP contribution in [0, 0.1) is 11.7 Å². The molecule has 1 amide bonds. The molecule has 0 spiro atoms. The lowest BCUT2D eigenvalue weighted by molar-refractivity contribution is -0.120. The van der Waals surface area contributed by atoms with E-state index in [4.69, 9.17) is 0 Å². The summed E-state index contributed by atoms with van der Waals surface area (Å²) < 4.78 is 13.0. The molecule has 4 rings (SSSR count). The van der Waals surface area contributed by atoms with Gasteiger partial charge in [0, 0.05) is 31.2 Å². The molecule has 7 heteroatoms. The number of carbonyl (C=O) groups excluding carboxylic acids is 1. The van der Waals surface area contributed by atoms with Crippen molar-refractivity contribution < 1.29 is 9.18 Å². The molecule has 1 aromatic carbocycles. The van der Waals surface area contributed by atoms with E-state index in [1.54, 1.807) is 30.7 Å². The van der Waals surface area contributed by atoms with Gasteiger partial charge in [0.25, 0.3) is 0 Å². The first-order valence-corrected chi connectivity index (χ1v) is 8.57. The van der Waals surface area contributed by atoms with Crippen LogP contribution in [0.1, 0.15) is 12.8 Å². The third-order valence-corrected chi connectivity index (χ3v) is 4.58. The van der Waals surface area contributed by atoms with Crippen LogP contribution in [-0.4, -0.2) is 33.9 Å². The number of halogens is 1. The first-order valence-electron chi connectivity index (χ1n) is 8.57. The number of pyridine rings is 1. The molecule has 0 saturated carbocycles. The summed E-state index contributed by atoms with van der Waals surface area (Å²) in [5, 5.41) is 2.87. The van der Waals surface area contributed by atoms with Crippen molar-refractivity contribution in [2.45, 2.75) is 12.8 Å². The van der Waals surface area contributed by atoms with E-state index in [9.17, 15) is 9.18 Å². The second-order valence-electron chi connectivity index (χ2n) is 6.37. The van der Waals surface area contributed by atoms with Gasteiger partial charge in [0.2, 0.25) is 5.91 Å². The minimum atomic E-state index is -0.321. The Morgan fingerprint density at radius 2 is 1.96 bits per heavy atom. The molecule has 6 nitrogen and oxygen atoms in total. The van der Waals surface area contributed by atoms with Crippen LogP contribution in [0.15, 0.2) is 48.9 Å². The van der Waals surface area contributed by atoms with Crippen molar-refractivity contribution in [2.24, 2.45) is 5.92 Å². The van der Waals surface area contributed by atoms with Gasteiger partial charge in [-0.15, -0.1) is 0 Å². The Kier molecular flexibility index (Phi) is 4.43. The van der Waals surface area contributed by atoms with Gasteiger partial charge in [-0.05, 0) is 43.2 Å². The van der Waals surface area contributed by atoms with Crippen LogP contribution < -0.4 is 10.2 Å². The summed E-state index contributed by atoms with van der Waals surface area (Å²) in [6.07, 6.45) is 6.77. The number of piperidine rings is 1. The maximum atomic E-state index is 13.0. The van der Waals surface area contributed by atoms with Gasteiger partial charge in [0.05, 0.1) is 17.8 Å². The van der Waals surface area contributed by atoms with Crippen molar-refractivity contribution in [3.63, 3.8) is 0 Å². The number of nitrogens with one attached hydrogen (secondary N) is 1. The zero-order valence-electron chi connectivity index (χ0n) is 14.1. The highest BCUT2D eigenvalue weighted by molar-refractivity contribution is 5.93.